The molecule has 0 unspecified atom stereocenters. The molecule has 0 aliphatic carbocycles. The second-order valence-electron chi connectivity index (χ2n) is 3.22. The molecule has 1 heterocycles. The van der Waals surface area contributed by atoms with E-state index >= 15 is 0 Å². The molecule has 0 radical (unpaired) electrons. The van der Waals surface area contributed by atoms with Crippen LogP contribution < -0.4 is 10.5 Å². The Morgan fingerprint density at radius 3 is 3.08 bits per heavy atom. The highest BCUT2D eigenvalue weighted by Gasteiger charge is 2.26. The third kappa shape index (κ3) is 1.20. The van der Waals surface area contributed by atoms with E-state index in [2.05, 4.69) is 0 Å². The van der Waals surface area contributed by atoms with Gasteiger partial charge in [0.1, 0.15) is 18.2 Å². The second kappa shape index (κ2) is 3.00. The van der Waals surface area contributed by atoms with Gasteiger partial charge >= 0.3 is 0 Å². The van der Waals surface area contributed by atoms with Crippen molar-refractivity contribution in [3.8, 4) is 5.75 Å². The van der Waals surface area contributed by atoms with Gasteiger partial charge in [-0.3, -0.25) is 0 Å². The van der Waals surface area contributed by atoms with Crippen LogP contribution in [0.1, 0.15) is 24.1 Å². The predicted molar refractivity (Wildman–Crippen MR) is 48.2 cm³/mol. The van der Waals surface area contributed by atoms with Crippen molar-refractivity contribution in [3.63, 3.8) is 0 Å². The normalized spacial score (nSPS) is 19.8. The Bertz CT molecular complexity index is 338. The van der Waals surface area contributed by atoms with Crippen LogP contribution in [-0.4, -0.2) is 6.61 Å². The van der Waals surface area contributed by atoms with Crippen LogP contribution in [-0.2, 0) is 6.42 Å². The molecule has 0 amide bonds. The van der Waals surface area contributed by atoms with Gasteiger partial charge in [0.05, 0.1) is 11.6 Å². The Labute approximate surface area is 76.5 Å². The number of hydrogen-bond donors (Lipinski definition) is 1. The predicted octanol–water partition coefficient (Wildman–Crippen LogP) is 1.78. The first-order chi connectivity index (χ1) is 6.24. The van der Waals surface area contributed by atoms with Gasteiger partial charge in [0, 0.05) is 0 Å². The Morgan fingerprint density at radius 2 is 2.38 bits per heavy atom. The van der Waals surface area contributed by atoms with Crippen LogP contribution in [0.3, 0.4) is 0 Å². The highest BCUT2D eigenvalue weighted by Crippen LogP contribution is 2.36. The van der Waals surface area contributed by atoms with Crippen molar-refractivity contribution in [1.29, 1.82) is 0 Å². The van der Waals surface area contributed by atoms with Crippen molar-refractivity contribution in [3.05, 3.63) is 29.1 Å². The quantitative estimate of drug-likeness (QED) is 0.716. The van der Waals surface area contributed by atoms with Crippen LogP contribution in [0.25, 0.3) is 0 Å². The topological polar surface area (TPSA) is 35.2 Å². The number of halogens is 1. The molecule has 1 aliphatic rings. The molecule has 1 aliphatic heterocycles. The van der Waals surface area contributed by atoms with E-state index in [-0.39, 0.29) is 11.9 Å². The van der Waals surface area contributed by atoms with Gasteiger partial charge in [-0.1, -0.05) is 13.0 Å². The summed E-state index contributed by atoms with van der Waals surface area (Å²) in [6.45, 7) is 2.41. The fraction of sp³-hybridized carbons (Fsp3) is 0.400. The Hall–Kier alpha value is -1.09. The van der Waals surface area contributed by atoms with E-state index in [4.69, 9.17) is 10.5 Å². The minimum Gasteiger partial charge on any atom is -0.491 e. The summed E-state index contributed by atoms with van der Waals surface area (Å²) >= 11 is 0. The monoisotopic (exact) mass is 181 g/mol. The molecule has 3 heteroatoms. The van der Waals surface area contributed by atoms with Crippen molar-refractivity contribution in [2.45, 2.75) is 19.4 Å². The third-order valence-electron chi connectivity index (χ3n) is 2.38. The summed E-state index contributed by atoms with van der Waals surface area (Å²) < 4.78 is 18.6. The van der Waals surface area contributed by atoms with Crippen LogP contribution in [0.4, 0.5) is 4.39 Å². The highest BCUT2D eigenvalue weighted by molar-refractivity contribution is 5.46. The molecule has 1 aromatic rings. The van der Waals surface area contributed by atoms with Crippen LogP contribution in [0, 0.1) is 5.82 Å². The van der Waals surface area contributed by atoms with Crippen LogP contribution in [0.5, 0.6) is 5.75 Å². The van der Waals surface area contributed by atoms with Gasteiger partial charge in [-0.25, -0.2) is 4.39 Å². The molecule has 0 aromatic heterocycles. The minimum atomic E-state index is -0.304. The van der Waals surface area contributed by atoms with Gasteiger partial charge < -0.3 is 10.5 Å². The molecule has 13 heavy (non-hydrogen) atoms. The van der Waals surface area contributed by atoms with Crippen LogP contribution in [0.2, 0.25) is 0 Å². The molecular formula is C10H12FNO. The van der Waals surface area contributed by atoms with Crippen LogP contribution in [0.15, 0.2) is 12.1 Å². The Balaban J connectivity index is 2.59. The molecule has 1 atom stereocenters. The lowest BCUT2D eigenvalue weighted by Gasteiger charge is -2.06. The van der Waals surface area contributed by atoms with Crippen molar-refractivity contribution in [2.75, 3.05) is 6.61 Å². The molecule has 0 fully saturated rings. The van der Waals surface area contributed by atoms with Crippen molar-refractivity contribution in [1.82, 2.24) is 0 Å². The number of aryl methyl sites for hydroxylation is 1. The summed E-state index contributed by atoms with van der Waals surface area (Å²) in [5.74, 6) is 0.409. The second-order valence-corrected chi connectivity index (χ2v) is 3.22. The molecular weight excluding hydrogens is 169 g/mol. The maximum atomic E-state index is 13.3. The van der Waals surface area contributed by atoms with E-state index in [1.165, 1.54) is 6.07 Å². The fourth-order valence-corrected chi connectivity index (χ4v) is 1.67. The summed E-state index contributed by atoms with van der Waals surface area (Å²) in [7, 11) is 0. The fourth-order valence-electron chi connectivity index (χ4n) is 1.67. The number of nitrogens with two attached hydrogens (primary N) is 1. The molecule has 0 spiro atoms. The minimum absolute atomic E-state index is 0.253. The molecule has 0 saturated carbocycles. The van der Waals surface area contributed by atoms with Gasteiger partial charge in [-0.15, -0.1) is 0 Å². The van der Waals surface area contributed by atoms with E-state index in [0.29, 0.717) is 17.9 Å². The zero-order chi connectivity index (χ0) is 9.42. The Kier molecular flexibility index (Phi) is 1.96. The van der Waals surface area contributed by atoms with Crippen molar-refractivity contribution >= 4 is 0 Å². The number of benzene rings is 1. The summed E-state index contributed by atoms with van der Waals surface area (Å²) in [5, 5.41) is 0. The maximum absolute atomic E-state index is 13.3. The highest BCUT2D eigenvalue weighted by atomic mass is 19.1. The molecule has 0 bridgehead atoms. The van der Waals surface area contributed by atoms with Crippen molar-refractivity contribution < 1.29 is 9.13 Å². The summed E-state index contributed by atoms with van der Waals surface area (Å²) in [4.78, 5) is 0. The summed E-state index contributed by atoms with van der Waals surface area (Å²) in [6, 6.07) is 2.92. The molecule has 0 saturated heterocycles. The van der Waals surface area contributed by atoms with Gasteiger partial charge in [0.2, 0.25) is 0 Å². The molecule has 2 N–H and O–H groups in total. The van der Waals surface area contributed by atoms with E-state index in [9.17, 15) is 4.39 Å². The number of ether oxygens (including phenoxy) is 1. The summed E-state index contributed by atoms with van der Waals surface area (Å²) in [6.07, 6.45) is 0.843. The third-order valence-corrected chi connectivity index (χ3v) is 2.38. The molecule has 2 rings (SSSR count). The lowest BCUT2D eigenvalue weighted by atomic mass is 10.0. The zero-order valence-electron chi connectivity index (χ0n) is 7.51. The average Bonchev–Trinajstić information content (AvgIpc) is 2.50. The Morgan fingerprint density at radius 1 is 1.62 bits per heavy atom. The molecule has 1 aromatic carbocycles. The molecule has 2 nitrogen and oxygen atoms in total. The van der Waals surface area contributed by atoms with Gasteiger partial charge in [0.15, 0.2) is 0 Å². The smallest absolute Gasteiger partial charge is 0.131 e. The largest absolute Gasteiger partial charge is 0.491 e. The van der Waals surface area contributed by atoms with E-state index in [1.54, 1.807) is 6.07 Å². The number of rotatable bonds is 1. The average molecular weight is 181 g/mol. The lowest BCUT2D eigenvalue weighted by molar-refractivity contribution is 0.330. The summed E-state index contributed by atoms with van der Waals surface area (Å²) in [5.41, 5.74) is 7.28. The van der Waals surface area contributed by atoms with Crippen LogP contribution >= 0.6 is 0 Å². The zero-order valence-corrected chi connectivity index (χ0v) is 7.51. The first-order valence-corrected chi connectivity index (χ1v) is 4.43. The number of hydrogen-bond acceptors (Lipinski definition) is 2. The number of fused-ring (bicyclic) bond motifs is 1. The van der Waals surface area contributed by atoms with Gasteiger partial charge in [-0.05, 0) is 18.1 Å². The van der Waals surface area contributed by atoms with Gasteiger partial charge in [-0.2, -0.15) is 0 Å². The maximum Gasteiger partial charge on any atom is 0.131 e. The van der Waals surface area contributed by atoms with Crippen molar-refractivity contribution in [2.24, 2.45) is 5.73 Å². The van der Waals surface area contributed by atoms with Gasteiger partial charge in [0.25, 0.3) is 0 Å². The van der Waals surface area contributed by atoms with E-state index in [0.717, 1.165) is 12.0 Å². The SMILES string of the molecule is CCc1ccc(F)c2c1OC[C@@H]2N. The first-order valence-electron chi connectivity index (χ1n) is 4.43. The van der Waals surface area contributed by atoms with E-state index in [1.807, 2.05) is 6.92 Å². The standard InChI is InChI=1S/C10H12FNO/c1-2-6-3-4-7(11)9-8(12)5-13-10(6)9/h3-4,8H,2,5,12H2,1H3/t8-/m0/s1. The lowest BCUT2D eigenvalue weighted by Crippen LogP contribution is -2.12. The molecule has 70 valence electrons. The first kappa shape index (κ1) is 8.51. The van der Waals surface area contributed by atoms with E-state index < -0.39 is 0 Å².